The van der Waals surface area contributed by atoms with Crippen LogP contribution in [0.2, 0.25) is 0 Å². The van der Waals surface area contributed by atoms with Crippen LogP contribution < -0.4 is 4.90 Å². The lowest BCUT2D eigenvalue weighted by Crippen LogP contribution is -2.11. The van der Waals surface area contributed by atoms with Crippen molar-refractivity contribution in [3.05, 3.63) is 188 Å². The molecule has 228 valence electrons. The summed E-state index contributed by atoms with van der Waals surface area (Å²) < 4.78 is 2.37. The van der Waals surface area contributed by atoms with Crippen molar-refractivity contribution in [3.63, 3.8) is 0 Å². The molecule has 1 heterocycles. The number of benzene rings is 7. The summed E-state index contributed by atoms with van der Waals surface area (Å²) in [4.78, 5) is 2.40. The molecule has 0 radical (unpaired) electrons. The maximum Gasteiger partial charge on any atom is 0.0541 e. The molecule has 7 aromatic carbocycles. The van der Waals surface area contributed by atoms with Gasteiger partial charge in [0.15, 0.2) is 0 Å². The summed E-state index contributed by atoms with van der Waals surface area (Å²) in [6.07, 6.45) is 4.28. The minimum Gasteiger partial charge on any atom is -0.310 e. The Morgan fingerprint density at radius 2 is 1.23 bits per heavy atom. The van der Waals surface area contributed by atoms with Gasteiger partial charge in [-0.1, -0.05) is 123 Å². The average Bonchev–Trinajstić information content (AvgIpc) is 3.66. The molecule has 8 aromatic rings. The Labute approximate surface area is 281 Å². The molecule has 1 aliphatic rings. The van der Waals surface area contributed by atoms with Gasteiger partial charge in [-0.2, -0.15) is 0 Å². The molecule has 0 saturated heterocycles. The minimum absolute atomic E-state index is 0.340. The molecule has 0 spiro atoms. The Hall–Kier alpha value is -6.12. The Kier molecular flexibility index (Phi) is 6.62. The lowest BCUT2D eigenvalue weighted by molar-refractivity contribution is 0.989. The van der Waals surface area contributed by atoms with Gasteiger partial charge in [0, 0.05) is 39.1 Å². The monoisotopic (exact) mass is 614 g/mol. The van der Waals surface area contributed by atoms with Crippen molar-refractivity contribution in [2.75, 3.05) is 4.90 Å². The van der Waals surface area contributed by atoms with Gasteiger partial charge in [0.1, 0.15) is 0 Å². The fourth-order valence-electron chi connectivity index (χ4n) is 7.69. The lowest BCUT2D eigenvalue weighted by atomic mass is 9.95. The van der Waals surface area contributed by atoms with E-state index < -0.39 is 0 Å². The van der Waals surface area contributed by atoms with Crippen molar-refractivity contribution < 1.29 is 0 Å². The highest BCUT2D eigenvalue weighted by atomic mass is 15.1. The molecule has 2 nitrogen and oxygen atoms in total. The number of fused-ring (bicyclic) bond motifs is 5. The predicted octanol–water partition coefficient (Wildman–Crippen LogP) is 12.8. The Balaban J connectivity index is 1.23. The number of hydrogen-bond acceptors (Lipinski definition) is 1. The number of allylic oxidation sites excluding steroid dienone is 3. The first kappa shape index (κ1) is 28.1. The second-order valence-corrected chi connectivity index (χ2v) is 12.7. The molecule has 1 unspecified atom stereocenters. The first-order valence-corrected chi connectivity index (χ1v) is 16.6. The Morgan fingerprint density at radius 1 is 0.562 bits per heavy atom. The average molecular weight is 615 g/mol. The maximum atomic E-state index is 4.06. The summed E-state index contributed by atoms with van der Waals surface area (Å²) >= 11 is 0. The molecule has 0 bridgehead atoms. The highest BCUT2D eigenvalue weighted by Gasteiger charge is 2.23. The number of nitrogens with zero attached hydrogens (tertiary/aromatic N) is 2. The van der Waals surface area contributed by atoms with Gasteiger partial charge < -0.3 is 9.47 Å². The number of aromatic nitrogens is 1. The summed E-state index contributed by atoms with van der Waals surface area (Å²) in [5.41, 5.74) is 13.3. The summed E-state index contributed by atoms with van der Waals surface area (Å²) in [6.45, 7) is 6.33. The van der Waals surface area contributed by atoms with Crippen LogP contribution >= 0.6 is 0 Å². The zero-order valence-corrected chi connectivity index (χ0v) is 26.8. The van der Waals surface area contributed by atoms with E-state index in [4.69, 9.17) is 0 Å². The third kappa shape index (κ3) is 4.41. The van der Waals surface area contributed by atoms with Gasteiger partial charge >= 0.3 is 0 Å². The van der Waals surface area contributed by atoms with E-state index in [0.29, 0.717) is 5.92 Å². The fraction of sp³-hybridized carbons (Fsp3) is 0.0435. The second-order valence-electron chi connectivity index (χ2n) is 12.7. The standard InChI is InChI=1S/C46H34N2/c1-3-32-28-31(2)42-30-36(23-24-37(32)42)47(34-14-6-4-7-15-34)45-27-25-38(39-18-10-11-19-40(39)45)33-22-26-46-43(29-33)41-20-12-13-21-44(41)48(46)35-16-8-5-9-17-35/h3-31H,1H2,2H3. The summed E-state index contributed by atoms with van der Waals surface area (Å²) in [5.74, 6) is 0.340. The van der Waals surface area contributed by atoms with E-state index in [1.165, 1.54) is 66.1 Å². The predicted molar refractivity (Wildman–Crippen MR) is 205 cm³/mol. The van der Waals surface area contributed by atoms with E-state index in [1.807, 2.05) is 6.08 Å². The van der Waals surface area contributed by atoms with Gasteiger partial charge in [-0.05, 0) is 93.9 Å². The van der Waals surface area contributed by atoms with Crippen molar-refractivity contribution in [2.45, 2.75) is 12.8 Å². The van der Waals surface area contributed by atoms with Crippen LogP contribution in [0.15, 0.2) is 176 Å². The van der Waals surface area contributed by atoms with Gasteiger partial charge in [-0.25, -0.2) is 0 Å². The molecule has 2 heteroatoms. The first-order chi connectivity index (χ1) is 23.7. The van der Waals surface area contributed by atoms with E-state index in [9.17, 15) is 0 Å². The molecule has 0 amide bonds. The van der Waals surface area contributed by atoms with Gasteiger partial charge in [0.25, 0.3) is 0 Å². The minimum atomic E-state index is 0.340. The molecule has 1 aromatic heterocycles. The van der Waals surface area contributed by atoms with Crippen LogP contribution in [-0.4, -0.2) is 4.57 Å². The molecule has 0 N–H and O–H groups in total. The van der Waals surface area contributed by atoms with Crippen molar-refractivity contribution >= 4 is 55.2 Å². The van der Waals surface area contributed by atoms with Crippen molar-refractivity contribution in [1.29, 1.82) is 0 Å². The number of rotatable bonds is 6. The van der Waals surface area contributed by atoms with Crippen molar-refractivity contribution in [3.8, 4) is 16.8 Å². The molecule has 1 atom stereocenters. The van der Waals surface area contributed by atoms with Crippen LogP contribution in [0.1, 0.15) is 24.0 Å². The molecule has 48 heavy (non-hydrogen) atoms. The van der Waals surface area contributed by atoms with Gasteiger partial charge in [-0.3, -0.25) is 0 Å². The van der Waals surface area contributed by atoms with E-state index in [-0.39, 0.29) is 0 Å². The number of anilines is 3. The molecule has 1 aliphatic carbocycles. The Morgan fingerprint density at radius 3 is 2.02 bits per heavy atom. The van der Waals surface area contributed by atoms with E-state index in [1.54, 1.807) is 0 Å². The second kappa shape index (κ2) is 11.3. The van der Waals surface area contributed by atoms with Crippen molar-refractivity contribution in [1.82, 2.24) is 4.57 Å². The molecular weight excluding hydrogens is 581 g/mol. The highest BCUT2D eigenvalue weighted by Crippen LogP contribution is 2.45. The normalized spacial score (nSPS) is 13.9. The zero-order valence-electron chi connectivity index (χ0n) is 26.8. The number of para-hydroxylation sites is 3. The summed E-state index contributed by atoms with van der Waals surface area (Å²) in [7, 11) is 0. The maximum absolute atomic E-state index is 4.06. The molecule has 0 aliphatic heterocycles. The van der Waals surface area contributed by atoms with Crippen LogP contribution in [0.4, 0.5) is 17.1 Å². The summed E-state index contributed by atoms with van der Waals surface area (Å²) in [5, 5.41) is 4.96. The van der Waals surface area contributed by atoms with Crippen molar-refractivity contribution in [2.24, 2.45) is 0 Å². The molecule has 9 rings (SSSR count). The third-order valence-electron chi connectivity index (χ3n) is 9.90. The molecule has 0 fully saturated rings. The van der Waals surface area contributed by atoms with E-state index in [2.05, 4.69) is 187 Å². The molecule has 0 saturated carbocycles. The van der Waals surface area contributed by atoms with Crippen LogP contribution in [0, 0.1) is 0 Å². The van der Waals surface area contributed by atoms with E-state index in [0.717, 1.165) is 17.1 Å². The van der Waals surface area contributed by atoms with E-state index >= 15 is 0 Å². The van der Waals surface area contributed by atoms with Crippen LogP contribution in [0.3, 0.4) is 0 Å². The van der Waals surface area contributed by atoms with Gasteiger partial charge in [0.05, 0.1) is 16.7 Å². The third-order valence-corrected chi connectivity index (χ3v) is 9.90. The fourth-order valence-corrected chi connectivity index (χ4v) is 7.69. The smallest absolute Gasteiger partial charge is 0.0541 e. The number of hydrogen-bond donors (Lipinski definition) is 0. The Bertz CT molecular complexity index is 2540. The summed E-state index contributed by atoms with van der Waals surface area (Å²) in [6, 6.07) is 57.3. The molecular formula is C46H34N2. The topological polar surface area (TPSA) is 8.17 Å². The quantitative estimate of drug-likeness (QED) is 0.181. The van der Waals surface area contributed by atoms with Crippen LogP contribution in [0.25, 0.3) is 55.0 Å². The lowest BCUT2D eigenvalue weighted by Gasteiger charge is -2.28. The SMILES string of the molecule is C=CC1=CC(C)c2cc(N(c3ccccc3)c3ccc(-c4ccc5c(c4)c4ccccc4n5-c4ccccc4)c4ccccc34)ccc21. The largest absolute Gasteiger partial charge is 0.310 e. The first-order valence-electron chi connectivity index (χ1n) is 16.6. The van der Waals surface area contributed by atoms with Crippen LogP contribution in [0.5, 0.6) is 0 Å². The highest BCUT2D eigenvalue weighted by molar-refractivity contribution is 6.12. The van der Waals surface area contributed by atoms with Gasteiger partial charge in [-0.15, -0.1) is 0 Å². The van der Waals surface area contributed by atoms with Crippen LogP contribution in [-0.2, 0) is 0 Å². The zero-order chi connectivity index (χ0) is 32.2. The van der Waals surface area contributed by atoms with Gasteiger partial charge in [0.2, 0.25) is 0 Å².